The number of carbonyl (C=O) groups is 1. The largest absolute Gasteiger partial charge is 0.349 e. The van der Waals surface area contributed by atoms with Crippen LogP contribution in [0.1, 0.15) is 36.0 Å². The lowest BCUT2D eigenvalue weighted by Gasteiger charge is -2.28. The molecule has 1 fully saturated rings. The number of benzene rings is 1. The van der Waals surface area contributed by atoms with Gasteiger partial charge >= 0.3 is 0 Å². The molecule has 3 nitrogen and oxygen atoms in total. The number of hydrogen-bond donors (Lipinski definition) is 2. The number of halogens is 2. The van der Waals surface area contributed by atoms with Crippen LogP contribution in [0.15, 0.2) is 18.2 Å². The van der Waals surface area contributed by atoms with Gasteiger partial charge in [-0.1, -0.05) is 23.2 Å². The second-order valence-electron chi connectivity index (χ2n) is 4.94. The SMILES string of the molecule is CNC1CCC(NC(=O)c2ccc(Cl)c(Cl)c2)CC1. The number of hydrogen-bond acceptors (Lipinski definition) is 2. The first-order chi connectivity index (χ1) is 9.10. The van der Waals surface area contributed by atoms with Gasteiger partial charge in [0.15, 0.2) is 0 Å². The quantitative estimate of drug-likeness (QED) is 0.900. The van der Waals surface area contributed by atoms with E-state index in [4.69, 9.17) is 23.2 Å². The third-order valence-corrected chi connectivity index (χ3v) is 4.39. The Hall–Kier alpha value is -0.770. The maximum atomic E-state index is 12.1. The Bertz CT molecular complexity index is 457. The van der Waals surface area contributed by atoms with Crippen LogP contribution in [-0.2, 0) is 0 Å². The molecule has 0 aliphatic heterocycles. The predicted octanol–water partition coefficient (Wildman–Crippen LogP) is 3.25. The van der Waals surface area contributed by atoms with Gasteiger partial charge < -0.3 is 10.6 Å². The van der Waals surface area contributed by atoms with E-state index < -0.39 is 0 Å². The van der Waals surface area contributed by atoms with Gasteiger partial charge in [0, 0.05) is 17.6 Å². The minimum atomic E-state index is -0.0773. The van der Waals surface area contributed by atoms with E-state index in [0.29, 0.717) is 21.7 Å². The molecule has 1 aliphatic rings. The molecule has 0 unspecified atom stereocenters. The van der Waals surface area contributed by atoms with Crippen LogP contribution in [0.25, 0.3) is 0 Å². The maximum absolute atomic E-state index is 12.1. The smallest absolute Gasteiger partial charge is 0.251 e. The highest BCUT2D eigenvalue weighted by Crippen LogP contribution is 2.23. The van der Waals surface area contributed by atoms with E-state index in [1.165, 1.54) is 0 Å². The van der Waals surface area contributed by atoms with E-state index in [1.807, 2.05) is 7.05 Å². The summed E-state index contributed by atoms with van der Waals surface area (Å²) in [5.41, 5.74) is 0.560. The second-order valence-corrected chi connectivity index (χ2v) is 5.75. The van der Waals surface area contributed by atoms with Crippen molar-refractivity contribution in [2.45, 2.75) is 37.8 Å². The Morgan fingerprint density at radius 1 is 1.11 bits per heavy atom. The Balaban J connectivity index is 1.92. The van der Waals surface area contributed by atoms with Crippen LogP contribution in [0.2, 0.25) is 10.0 Å². The van der Waals surface area contributed by atoms with Crippen LogP contribution >= 0.6 is 23.2 Å². The lowest BCUT2D eigenvalue weighted by atomic mass is 9.91. The standard InChI is InChI=1S/C14H18Cl2N2O/c1-17-10-3-5-11(6-4-10)18-14(19)9-2-7-12(15)13(16)8-9/h2,7-8,10-11,17H,3-6H2,1H3,(H,18,19). The Labute approximate surface area is 123 Å². The molecular formula is C14H18Cl2N2O. The van der Waals surface area contributed by atoms with Crippen molar-refractivity contribution in [1.29, 1.82) is 0 Å². The summed E-state index contributed by atoms with van der Waals surface area (Å²) in [5.74, 6) is -0.0773. The molecule has 1 aromatic rings. The normalized spacial score (nSPS) is 23.1. The average molecular weight is 301 g/mol. The van der Waals surface area contributed by atoms with Crippen molar-refractivity contribution in [3.8, 4) is 0 Å². The molecule has 1 saturated carbocycles. The highest BCUT2D eigenvalue weighted by molar-refractivity contribution is 6.42. The van der Waals surface area contributed by atoms with Crippen molar-refractivity contribution in [2.24, 2.45) is 0 Å². The average Bonchev–Trinajstić information content (AvgIpc) is 2.42. The number of nitrogens with one attached hydrogen (secondary N) is 2. The highest BCUT2D eigenvalue weighted by Gasteiger charge is 2.21. The first-order valence-corrected chi connectivity index (χ1v) is 7.29. The molecule has 1 amide bonds. The third kappa shape index (κ3) is 3.85. The van der Waals surface area contributed by atoms with Crippen molar-refractivity contribution in [1.82, 2.24) is 10.6 Å². The van der Waals surface area contributed by atoms with E-state index >= 15 is 0 Å². The molecule has 0 radical (unpaired) electrons. The predicted molar refractivity (Wildman–Crippen MR) is 79.0 cm³/mol. The first-order valence-electron chi connectivity index (χ1n) is 6.53. The molecule has 104 valence electrons. The van der Waals surface area contributed by atoms with E-state index in [0.717, 1.165) is 25.7 Å². The molecule has 0 saturated heterocycles. The second kappa shape index (κ2) is 6.60. The van der Waals surface area contributed by atoms with Crippen molar-refractivity contribution in [3.05, 3.63) is 33.8 Å². The molecule has 2 rings (SSSR count). The number of carbonyl (C=O) groups excluding carboxylic acids is 1. The van der Waals surface area contributed by atoms with E-state index in [2.05, 4.69) is 10.6 Å². The van der Waals surface area contributed by atoms with E-state index in [1.54, 1.807) is 18.2 Å². The topological polar surface area (TPSA) is 41.1 Å². The van der Waals surface area contributed by atoms with Gasteiger partial charge in [0.05, 0.1) is 10.0 Å². The summed E-state index contributed by atoms with van der Waals surface area (Å²) < 4.78 is 0. The Morgan fingerprint density at radius 3 is 2.32 bits per heavy atom. The lowest BCUT2D eigenvalue weighted by molar-refractivity contribution is 0.0924. The Kier molecular flexibility index (Phi) is 5.08. The van der Waals surface area contributed by atoms with Gasteiger partial charge in [-0.2, -0.15) is 0 Å². The lowest BCUT2D eigenvalue weighted by Crippen LogP contribution is -2.41. The summed E-state index contributed by atoms with van der Waals surface area (Å²) in [6.07, 6.45) is 4.22. The first kappa shape index (κ1) is 14.6. The monoisotopic (exact) mass is 300 g/mol. The van der Waals surface area contributed by atoms with Crippen LogP contribution in [-0.4, -0.2) is 25.0 Å². The molecule has 0 spiro atoms. The van der Waals surface area contributed by atoms with Crippen LogP contribution in [0.5, 0.6) is 0 Å². The van der Waals surface area contributed by atoms with Crippen molar-refractivity contribution in [2.75, 3.05) is 7.05 Å². The van der Waals surface area contributed by atoms with Gasteiger partial charge in [-0.15, -0.1) is 0 Å². The van der Waals surface area contributed by atoms with Crippen LogP contribution in [0.4, 0.5) is 0 Å². The summed E-state index contributed by atoms with van der Waals surface area (Å²) in [6, 6.07) is 5.79. The molecule has 0 heterocycles. The zero-order chi connectivity index (χ0) is 13.8. The van der Waals surface area contributed by atoms with Gasteiger partial charge in [-0.25, -0.2) is 0 Å². The maximum Gasteiger partial charge on any atom is 0.251 e. The summed E-state index contributed by atoms with van der Waals surface area (Å²) in [7, 11) is 1.99. The van der Waals surface area contributed by atoms with Crippen LogP contribution < -0.4 is 10.6 Å². The van der Waals surface area contributed by atoms with Crippen LogP contribution in [0, 0.1) is 0 Å². The number of rotatable bonds is 3. The molecule has 0 atom stereocenters. The third-order valence-electron chi connectivity index (χ3n) is 3.65. The molecule has 1 aromatic carbocycles. The molecule has 2 N–H and O–H groups in total. The molecule has 19 heavy (non-hydrogen) atoms. The number of amides is 1. The van der Waals surface area contributed by atoms with E-state index in [9.17, 15) is 4.79 Å². The fraction of sp³-hybridized carbons (Fsp3) is 0.500. The summed E-state index contributed by atoms with van der Waals surface area (Å²) >= 11 is 11.8. The van der Waals surface area contributed by atoms with Gasteiger partial charge in [0.25, 0.3) is 5.91 Å². The van der Waals surface area contributed by atoms with Gasteiger partial charge in [-0.05, 0) is 50.9 Å². The minimum Gasteiger partial charge on any atom is -0.349 e. The van der Waals surface area contributed by atoms with Gasteiger partial charge in [-0.3, -0.25) is 4.79 Å². The highest BCUT2D eigenvalue weighted by atomic mass is 35.5. The van der Waals surface area contributed by atoms with Gasteiger partial charge in [0.1, 0.15) is 0 Å². The minimum absolute atomic E-state index is 0.0773. The molecule has 0 bridgehead atoms. The summed E-state index contributed by atoms with van der Waals surface area (Å²) in [5, 5.41) is 7.21. The molecule has 0 aromatic heterocycles. The Morgan fingerprint density at radius 2 is 1.74 bits per heavy atom. The fourth-order valence-electron chi connectivity index (χ4n) is 2.43. The van der Waals surface area contributed by atoms with Gasteiger partial charge in [0.2, 0.25) is 0 Å². The zero-order valence-corrected chi connectivity index (χ0v) is 12.4. The van der Waals surface area contributed by atoms with Crippen molar-refractivity contribution in [3.63, 3.8) is 0 Å². The summed E-state index contributed by atoms with van der Waals surface area (Å²) in [4.78, 5) is 12.1. The zero-order valence-electron chi connectivity index (χ0n) is 10.9. The molecular weight excluding hydrogens is 283 g/mol. The fourth-order valence-corrected chi connectivity index (χ4v) is 2.73. The van der Waals surface area contributed by atoms with Crippen molar-refractivity contribution < 1.29 is 4.79 Å². The van der Waals surface area contributed by atoms with Crippen LogP contribution in [0.3, 0.4) is 0 Å². The molecule has 5 heteroatoms. The molecule has 1 aliphatic carbocycles. The van der Waals surface area contributed by atoms with Crippen molar-refractivity contribution >= 4 is 29.1 Å². The summed E-state index contributed by atoms with van der Waals surface area (Å²) in [6.45, 7) is 0. The van der Waals surface area contributed by atoms with E-state index in [-0.39, 0.29) is 11.9 Å².